The topological polar surface area (TPSA) is 64.1 Å². The molecule has 1 aliphatic rings. The number of likely N-dealkylation sites (N-methyl/N-ethyl adjacent to an activating group) is 1. The van der Waals surface area contributed by atoms with Gasteiger partial charge >= 0.3 is 0 Å². The molecule has 1 aromatic carbocycles. The number of amides is 1. The lowest BCUT2D eigenvalue weighted by Gasteiger charge is -2.25. The molecule has 0 aliphatic carbocycles. The molecule has 0 spiro atoms. The van der Waals surface area contributed by atoms with E-state index in [1.54, 1.807) is 30.4 Å². The van der Waals surface area contributed by atoms with Crippen LogP contribution in [-0.4, -0.2) is 67.8 Å². The zero-order valence-corrected chi connectivity index (χ0v) is 20.0. The Labute approximate surface area is 188 Å². The van der Waals surface area contributed by atoms with Crippen LogP contribution in [0.1, 0.15) is 37.0 Å². The van der Waals surface area contributed by atoms with Gasteiger partial charge in [0, 0.05) is 31.1 Å². The molecule has 0 atom stereocenters. The summed E-state index contributed by atoms with van der Waals surface area (Å²) in [4.78, 5) is 21.4. The summed E-state index contributed by atoms with van der Waals surface area (Å²) in [5.74, 6) is 1.40. The predicted molar refractivity (Wildman–Crippen MR) is 122 cm³/mol. The fraction of sp³-hybridized carbons (Fsp3) is 0.565. The minimum Gasteiger partial charge on any atom is -0.497 e. The molecule has 1 aliphatic heterocycles. The number of hydrogen-bond acceptors (Lipinski definition) is 7. The fourth-order valence-electron chi connectivity index (χ4n) is 3.37. The molecule has 2 aromatic rings. The standard InChI is InChI=1S/C23H33N3O4S/c1-23(2,3)19-12-18(28-5)6-7-20(19)30-15-22(27)25(4)13-17-16-31-21(24-17)14-26-8-10-29-11-9-26/h6-7,12,16H,8-11,13-15H2,1-5H3. The highest BCUT2D eigenvalue weighted by Crippen LogP contribution is 2.34. The van der Waals surface area contributed by atoms with Crippen molar-refractivity contribution in [1.82, 2.24) is 14.8 Å². The summed E-state index contributed by atoms with van der Waals surface area (Å²) < 4.78 is 16.6. The second-order valence-electron chi connectivity index (χ2n) is 8.77. The number of carbonyl (C=O) groups excluding carboxylic acids is 1. The second-order valence-corrected chi connectivity index (χ2v) is 9.71. The van der Waals surface area contributed by atoms with Gasteiger partial charge in [0.05, 0.1) is 39.1 Å². The normalized spacial score (nSPS) is 15.0. The molecule has 3 rings (SSSR count). The Morgan fingerprint density at radius 3 is 2.71 bits per heavy atom. The van der Waals surface area contributed by atoms with E-state index in [0.29, 0.717) is 12.3 Å². The van der Waals surface area contributed by atoms with Gasteiger partial charge in [0.25, 0.3) is 5.91 Å². The monoisotopic (exact) mass is 447 g/mol. The number of hydrogen-bond donors (Lipinski definition) is 0. The van der Waals surface area contributed by atoms with Crippen molar-refractivity contribution in [3.63, 3.8) is 0 Å². The Balaban J connectivity index is 1.54. The van der Waals surface area contributed by atoms with E-state index >= 15 is 0 Å². The van der Waals surface area contributed by atoms with Crippen molar-refractivity contribution in [2.45, 2.75) is 39.3 Å². The molecule has 1 aromatic heterocycles. The summed E-state index contributed by atoms with van der Waals surface area (Å²) in [7, 11) is 3.43. The lowest BCUT2D eigenvalue weighted by Crippen LogP contribution is -2.35. The summed E-state index contributed by atoms with van der Waals surface area (Å²) >= 11 is 1.64. The van der Waals surface area contributed by atoms with Crippen molar-refractivity contribution in [3.05, 3.63) is 39.8 Å². The maximum atomic E-state index is 12.7. The molecule has 1 saturated heterocycles. The number of carbonyl (C=O) groups is 1. The van der Waals surface area contributed by atoms with E-state index in [0.717, 1.165) is 54.9 Å². The first kappa shape index (κ1) is 23.5. The maximum absolute atomic E-state index is 12.7. The minimum absolute atomic E-state index is 0.0172. The van der Waals surface area contributed by atoms with Crippen molar-refractivity contribution in [2.75, 3.05) is 47.1 Å². The van der Waals surface area contributed by atoms with Crippen LogP contribution >= 0.6 is 11.3 Å². The van der Waals surface area contributed by atoms with Gasteiger partial charge in [-0.2, -0.15) is 0 Å². The molecule has 170 valence electrons. The van der Waals surface area contributed by atoms with Crippen LogP contribution in [0.4, 0.5) is 0 Å². The molecule has 0 bridgehead atoms. The summed E-state index contributed by atoms with van der Waals surface area (Å²) in [5.41, 5.74) is 1.79. The second kappa shape index (κ2) is 10.4. The van der Waals surface area contributed by atoms with E-state index in [4.69, 9.17) is 19.2 Å². The van der Waals surface area contributed by atoms with Gasteiger partial charge in [-0.1, -0.05) is 20.8 Å². The lowest BCUT2D eigenvalue weighted by molar-refractivity contribution is -0.132. The molecule has 7 nitrogen and oxygen atoms in total. The van der Waals surface area contributed by atoms with Gasteiger partial charge in [-0.3, -0.25) is 9.69 Å². The van der Waals surface area contributed by atoms with Gasteiger partial charge in [0.2, 0.25) is 0 Å². The molecular formula is C23H33N3O4S. The number of aromatic nitrogens is 1. The Kier molecular flexibility index (Phi) is 7.91. The highest BCUT2D eigenvalue weighted by Gasteiger charge is 2.21. The Morgan fingerprint density at radius 2 is 2.03 bits per heavy atom. The quantitative estimate of drug-likeness (QED) is 0.619. The Bertz CT molecular complexity index is 872. The van der Waals surface area contributed by atoms with Crippen molar-refractivity contribution < 1.29 is 19.0 Å². The summed E-state index contributed by atoms with van der Waals surface area (Å²) in [6.45, 7) is 11.0. The molecule has 0 saturated carbocycles. The van der Waals surface area contributed by atoms with Gasteiger partial charge in [-0.15, -0.1) is 11.3 Å². The van der Waals surface area contributed by atoms with Crippen LogP contribution in [0.15, 0.2) is 23.6 Å². The number of methoxy groups -OCH3 is 1. The maximum Gasteiger partial charge on any atom is 0.260 e. The first-order valence-corrected chi connectivity index (χ1v) is 11.4. The van der Waals surface area contributed by atoms with Crippen LogP contribution in [0.25, 0.3) is 0 Å². The van der Waals surface area contributed by atoms with Crippen LogP contribution in [0, 0.1) is 0 Å². The van der Waals surface area contributed by atoms with Gasteiger partial charge in [-0.25, -0.2) is 4.98 Å². The third-order valence-corrected chi connectivity index (χ3v) is 6.12. The van der Waals surface area contributed by atoms with E-state index in [9.17, 15) is 4.79 Å². The van der Waals surface area contributed by atoms with Crippen LogP contribution < -0.4 is 9.47 Å². The SMILES string of the molecule is COc1ccc(OCC(=O)N(C)Cc2csc(CN3CCOCC3)n2)c(C(C)(C)C)c1. The van der Waals surface area contributed by atoms with Crippen LogP contribution in [-0.2, 0) is 28.0 Å². The zero-order chi connectivity index (χ0) is 22.4. The number of morpholine rings is 1. The zero-order valence-electron chi connectivity index (χ0n) is 19.1. The number of thiazole rings is 1. The van der Waals surface area contributed by atoms with Crippen molar-refractivity contribution in [2.24, 2.45) is 0 Å². The Hall–Kier alpha value is -2.16. The van der Waals surface area contributed by atoms with Gasteiger partial charge in [0.15, 0.2) is 6.61 Å². The van der Waals surface area contributed by atoms with Crippen molar-refractivity contribution in [3.8, 4) is 11.5 Å². The van der Waals surface area contributed by atoms with Gasteiger partial charge in [0.1, 0.15) is 16.5 Å². The number of ether oxygens (including phenoxy) is 3. The van der Waals surface area contributed by atoms with E-state index in [-0.39, 0.29) is 17.9 Å². The molecule has 0 unspecified atom stereocenters. The largest absolute Gasteiger partial charge is 0.497 e. The number of rotatable bonds is 8. The van der Waals surface area contributed by atoms with E-state index in [2.05, 4.69) is 25.7 Å². The smallest absolute Gasteiger partial charge is 0.260 e. The van der Waals surface area contributed by atoms with Crippen LogP contribution in [0.3, 0.4) is 0 Å². The average Bonchev–Trinajstić information content (AvgIpc) is 3.18. The molecule has 0 radical (unpaired) electrons. The van der Waals surface area contributed by atoms with Gasteiger partial charge < -0.3 is 19.1 Å². The first-order valence-electron chi connectivity index (χ1n) is 10.5. The third-order valence-electron chi connectivity index (χ3n) is 5.23. The number of nitrogens with zero attached hydrogens (tertiary/aromatic N) is 3. The highest BCUT2D eigenvalue weighted by molar-refractivity contribution is 7.09. The first-order chi connectivity index (χ1) is 14.8. The van der Waals surface area contributed by atoms with E-state index in [1.165, 1.54) is 0 Å². The average molecular weight is 448 g/mol. The number of benzene rings is 1. The van der Waals surface area contributed by atoms with Crippen LogP contribution in [0.5, 0.6) is 11.5 Å². The molecule has 8 heteroatoms. The third kappa shape index (κ3) is 6.66. The minimum atomic E-state index is -0.129. The summed E-state index contributed by atoms with van der Waals surface area (Å²) in [5, 5.41) is 3.10. The molecule has 1 amide bonds. The van der Waals surface area contributed by atoms with E-state index in [1.807, 2.05) is 23.6 Å². The predicted octanol–water partition coefficient (Wildman–Crippen LogP) is 3.32. The highest BCUT2D eigenvalue weighted by atomic mass is 32.1. The summed E-state index contributed by atoms with van der Waals surface area (Å²) in [6, 6.07) is 5.68. The van der Waals surface area contributed by atoms with E-state index < -0.39 is 0 Å². The summed E-state index contributed by atoms with van der Waals surface area (Å²) in [6.07, 6.45) is 0. The molecule has 2 heterocycles. The lowest BCUT2D eigenvalue weighted by atomic mass is 9.86. The molecule has 1 fully saturated rings. The Morgan fingerprint density at radius 1 is 1.29 bits per heavy atom. The van der Waals surface area contributed by atoms with Crippen molar-refractivity contribution in [1.29, 1.82) is 0 Å². The molecular weight excluding hydrogens is 414 g/mol. The molecule has 31 heavy (non-hydrogen) atoms. The fourth-order valence-corrected chi connectivity index (χ4v) is 4.20. The van der Waals surface area contributed by atoms with Crippen LogP contribution in [0.2, 0.25) is 0 Å². The van der Waals surface area contributed by atoms with Crippen molar-refractivity contribution >= 4 is 17.2 Å². The molecule has 0 N–H and O–H groups in total. The van der Waals surface area contributed by atoms with Gasteiger partial charge in [-0.05, 0) is 23.6 Å².